The third-order valence-corrected chi connectivity index (χ3v) is 3.60. The predicted octanol–water partition coefficient (Wildman–Crippen LogP) is 3.36. The van der Waals surface area contributed by atoms with Crippen LogP contribution in [-0.2, 0) is 6.42 Å². The lowest BCUT2D eigenvalue weighted by Crippen LogP contribution is -2.07. The molecule has 0 N–H and O–H groups in total. The van der Waals surface area contributed by atoms with Gasteiger partial charge in [-0.25, -0.2) is 9.50 Å². The normalized spacial score (nSPS) is 11.2. The van der Waals surface area contributed by atoms with Crippen molar-refractivity contribution < 1.29 is 0 Å². The molecule has 0 aliphatic rings. The molecule has 0 spiro atoms. The molecular weight excluding hydrogens is 248 g/mol. The fourth-order valence-corrected chi connectivity index (χ4v) is 2.69. The Kier molecular flexibility index (Phi) is 3.22. The third kappa shape index (κ3) is 1.97. The monoisotopic (exact) mass is 266 g/mol. The molecule has 0 saturated heterocycles. The Bertz CT molecular complexity index is 758. The van der Waals surface area contributed by atoms with E-state index in [4.69, 9.17) is 0 Å². The highest BCUT2D eigenvalue weighted by atomic mass is 15.3. The first-order chi connectivity index (χ1) is 9.72. The molecule has 0 fully saturated rings. The quantitative estimate of drug-likeness (QED) is 0.730. The van der Waals surface area contributed by atoms with Crippen LogP contribution in [0.25, 0.3) is 16.9 Å². The molecule has 3 rings (SSSR count). The Morgan fingerprint density at radius 3 is 2.70 bits per heavy atom. The van der Waals surface area contributed by atoms with Crippen molar-refractivity contribution in [1.82, 2.24) is 19.6 Å². The number of nitrogens with zero attached hydrogens (tertiary/aromatic N) is 4. The number of aryl methyl sites for hydroxylation is 3. The third-order valence-electron chi connectivity index (χ3n) is 3.60. The number of fused-ring (bicyclic) bond motifs is 1. The summed E-state index contributed by atoms with van der Waals surface area (Å²) in [5.74, 6) is 0.684. The fraction of sp³-hybridized carbons (Fsp3) is 0.312. The number of aromatic nitrogens is 4. The lowest BCUT2D eigenvalue weighted by molar-refractivity contribution is 0.794. The van der Waals surface area contributed by atoms with Crippen LogP contribution in [0, 0.1) is 13.8 Å². The van der Waals surface area contributed by atoms with Gasteiger partial charge in [0.2, 0.25) is 0 Å². The summed E-state index contributed by atoms with van der Waals surface area (Å²) in [6, 6.07) is 8.43. The Hall–Kier alpha value is -2.23. The topological polar surface area (TPSA) is 43.1 Å². The first-order valence-corrected chi connectivity index (χ1v) is 6.97. The SMILES string of the molecule is CCCc1c(-c2ccccc2C)c(C)nc2ncnn12. The maximum Gasteiger partial charge on any atom is 0.252 e. The molecule has 0 aliphatic carbocycles. The summed E-state index contributed by atoms with van der Waals surface area (Å²) < 4.78 is 1.87. The number of rotatable bonds is 3. The van der Waals surface area contributed by atoms with E-state index in [1.807, 2.05) is 4.52 Å². The summed E-state index contributed by atoms with van der Waals surface area (Å²) in [5.41, 5.74) is 5.90. The molecule has 0 bridgehead atoms. The van der Waals surface area contributed by atoms with Crippen LogP contribution in [0.2, 0.25) is 0 Å². The summed E-state index contributed by atoms with van der Waals surface area (Å²) >= 11 is 0. The van der Waals surface area contributed by atoms with Crippen molar-refractivity contribution in [2.24, 2.45) is 0 Å². The lowest BCUT2D eigenvalue weighted by atomic mass is 9.96. The van der Waals surface area contributed by atoms with Crippen LogP contribution in [-0.4, -0.2) is 19.6 Å². The molecule has 2 heterocycles. The van der Waals surface area contributed by atoms with Gasteiger partial charge in [0.15, 0.2) is 0 Å². The van der Waals surface area contributed by atoms with Gasteiger partial charge >= 0.3 is 0 Å². The zero-order valence-electron chi connectivity index (χ0n) is 12.1. The maximum atomic E-state index is 4.59. The van der Waals surface area contributed by atoms with Crippen molar-refractivity contribution >= 4 is 5.78 Å². The highest BCUT2D eigenvalue weighted by molar-refractivity contribution is 5.72. The maximum absolute atomic E-state index is 4.59. The molecule has 3 aromatic rings. The van der Waals surface area contributed by atoms with Gasteiger partial charge in [-0.1, -0.05) is 37.6 Å². The van der Waals surface area contributed by atoms with Crippen LogP contribution in [0.15, 0.2) is 30.6 Å². The van der Waals surface area contributed by atoms with E-state index in [9.17, 15) is 0 Å². The molecule has 4 nitrogen and oxygen atoms in total. The number of hydrogen-bond donors (Lipinski definition) is 0. The number of benzene rings is 1. The van der Waals surface area contributed by atoms with E-state index in [2.05, 4.69) is 60.1 Å². The van der Waals surface area contributed by atoms with Crippen LogP contribution >= 0.6 is 0 Å². The van der Waals surface area contributed by atoms with Gasteiger partial charge in [0.05, 0.1) is 11.4 Å². The zero-order chi connectivity index (χ0) is 14.1. The first kappa shape index (κ1) is 12.8. The van der Waals surface area contributed by atoms with E-state index >= 15 is 0 Å². The summed E-state index contributed by atoms with van der Waals surface area (Å²) in [5, 5.41) is 4.34. The van der Waals surface area contributed by atoms with E-state index in [0.29, 0.717) is 5.78 Å². The minimum Gasteiger partial charge on any atom is -0.216 e. The van der Waals surface area contributed by atoms with Crippen LogP contribution in [0.4, 0.5) is 0 Å². The Morgan fingerprint density at radius 2 is 1.95 bits per heavy atom. The molecule has 2 aromatic heterocycles. The molecule has 102 valence electrons. The minimum absolute atomic E-state index is 0.684. The molecule has 0 atom stereocenters. The Morgan fingerprint density at radius 1 is 1.15 bits per heavy atom. The average molecular weight is 266 g/mol. The zero-order valence-corrected chi connectivity index (χ0v) is 12.1. The molecule has 0 amide bonds. The largest absolute Gasteiger partial charge is 0.252 e. The van der Waals surface area contributed by atoms with E-state index in [1.54, 1.807) is 6.33 Å². The highest BCUT2D eigenvalue weighted by Crippen LogP contribution is 2.30. The smallest absolute Gasteiger partial charge is 0.216 e. The minimum atomic E-state index is 0.684. The molecule has 4 heteroatoms. The van der Waals surface area contributed by atoms with Crippen LogP contribution in [0.1, 0.15) is 30.3 Å². The second-order valence-electron chi connectivity index (χ2n) is 5.06. The summed E-state index contributed by atoms with van der Waals surface area (Å²) in [4.78, 5) is 8.81. The number of hydrogen-bond acceptors (Lipinski definition) is 3. The van der Waals surface area contributed by atoms with Gasteiger partial charge in [-0.3, -0.25) is 0 Å². The second kappa shape index (κ2) is 5.04. The van der Waals surface area contributed by atoms with Gasteiger partial charge < -0.3 is 0 Å². The molecule has 0 aliphatic heterocycles. The van der Waals surface area contributed by atoms with Crippen LogP contribution < -0.4 is 0 Å². The van der Waals surface area contributed by atoms with E-state index in [1.165, 1.54) is 22.4 Å². The highest BCUT2D eigenvalue weighted by Gasteiger charge is 2.16. The van der Waals surface area contributed by atoms with Crippen molar-refractivity contribution in [1.29, 1.82) is 0 Å². The van der Waals surface area contributed by atoms with E-state index in [-0.39, 0.29) is 0 Å². The second-order valence-corrected chi connectivity index (χ2v) is 5.06. The van der Waals surface area contributed by atoms with Crippen LogP contribution in [0.3, 0.4) is 0 Å². The molecular formula is C16H18N4. The van der Waals surface area contributed by atoms with Crippen molar-refractivity contribution in [3.05, 3.63) is 47.5 Å². The van der Waals surface area contributed by atoms with Gasteiger partial charge in [-0.15, -0.1) is 0 Å². The summed E-state index contributed by atoms with van der Waals surface area (Å²) in [7, 11) is 0. The van der Waals surface area contributed by atoms with Gasteiger partial charge in [-0.2, -0.15) is 10.1 Å². The van der Waals surface area contributed by atoms with Crippen molar-refractivity contribution in [2.75, 3.05) is 0 Å². The van der Waals surface area contributed by atoms with Crippen LogP contribution in [0.5, 0.6) is 0 Å². The van der Waals surface area contributed by atoms with Gasteiger partial charge in [0.25, 0.3) is 5.78 Å². The molecule has 1 aromatic carbocycles. The van der Waals surface area contributed by atoms with Crippen molar-refractivity contribution in [2.45, 2.75) is 33.6 Å². The predicted molar refractivity (Wildman–Crippen MR) is 79.7 cm³/mol. The molecule has 0 radical (unpaired) electrons. The summed E-state index contributed by atoms with van der Waals surface area (Å²) in [6.07, 6.45) is 3.60. The molecule has 0 unspecified atom stereocenters. The Labute approximate surface area is 118 Å². The fourth-order valence-electron chi connectivity index (χ4n) is 2.69. The van der Waals surface area contributed by atoms with Gasteiger partial charge in [0.1, 0.15) is 6.33 Å². The lowest BCUT2D eigenvalue weighted by Gasteiger charge is -2.15. The molecule has 20 heavy (non-hydrogen) atoms. The summed E-state index contributed by atoms with van der Waals surface area (Å²) in [6.45, 7) is 6.37. The first-order valence-electron chi connectivity index (χ1n) is 6.97. The van der Waals surface area contributed by atoms with Crippen molar-refractivity contribution in [3.8, 4) is 11.1 Å². The van der Waals surface area contributed by atoms with Gasteiger partial charge in [0, 0.05) is 5.56 Å². The van der Waals surface area contributed by atoms with E-state index < -0.39 is 0 Å². The van der Waals surface area contributed by atoms with E-state index in [0.717, 1.165) is 18.5 Å². The Balaban J connectivity index is 2.36. The average Bonchev–Trinajstić information content (AvgIpc) is 2.88. The molecule has 0 saturated carbocycles. The standard InChI is InChI=1S/C16H18N4/c1-4-7-14-15(13-9-6-5-8-11(13)2)12(3)19-16-17-10-18-20(14)16/h5-6,8-10H,4,7H2,1-3H3. The van der Waals surface area contributed by atoms with Crippen molar-refractivity contribution in [3.63, 3.8) is 0 Å². The van der Waals surface area contributed by atoms with Gasteiger partial charge in [-0.05, 0) is 31.4 Å².